The smallest absolute Gasteiger partial charge is 0.276 e. The van der Waals surface area contributed by atoms with Crippen LogP contribution in [0.3, 0.4) is 0 Å². The summed E-state index contributed by atoms with van der Waals surface area (Å²) < 4.78 is 28.9. The van der Waals surface area contributed by atoms with E-state index in [1.165, 1.54) is 10.4 Å². The maximum absolute atomic E-state index is 12.8. The van der Waals surface area contributed by atoms with Gasteiger partial charge in [0.25, 0.3) is 5.91 Å². The highest BCUT2D eigenvalue weighted by atomic mass is 35.5. The first-order valence-corrected chi connectivity index (χ1v) is 11.7. The molecule has 4 rings (SSSR count). The third kappa shape index (κ3) is 4.31. The van der Waals surface area contributed by atoms with Crippen LogP contribution in [0, 0.1) is 0 Å². The van der Waals surface area contributed by atoms with Gasteiger partial charge in [-0.25, -0.2) is 13.1 Å². The molecule has 1 amide bonds. The number of rotatable bonds is 4. The van der Waals surface area contributed by atoms with Crippen molar-refractivity contribution >= 4 is 27.5 Å². The molecule has 0 radical (unpaired) electrons. The van der Waals surface area contributed by atoms with Crippen molar-refractivity contribution in [2.75, 3.05) is 26.2 Å². The Hall–Kier alpha value is -1.97. The van der Waals surface area contributed by atoms with Crippen LogP contribution in [-0.4, -0.2) is 64.7 Å². The number of likely N-dealkylation sites (tertiary alicyclic amines) is 1. The van der Waals surface area contributed by atoms with Gasteiger partial charge < -0.3 is 4.90 Å². The van der Waals surface area contributed by atoms with E-state index in [1.807, 2.05) is 4.90 Å². The fraction of sp³-hybridized carbons (Fsp3) is 0.526. The van der Waals surface area contributed by atoms with E-state index >= 15 is 0 Å². The van der Waals surface area contributed by atoms with Crippen molar-refractivity contribution in [1.82, 2.24) is 24.2 Å². The third-order valence-electron chi connectivity index (χ3n) is 5.60. The minimum absolute atomic E-state index is 0.0243. The van der Waals surface area contributed by atoms with E-state index in [0.717, 1.165) is 32.4 Å². The molecule has 0 N–H and O–H groups in total. The summed E-state index contributed by atoms with van der Waals surface area (Å²) in [4.78, 5) is 14.6. The van der Waals surface area contributed by atoms with Gasteiger partial charge in [-0.3, -0.25) is 4.79 Å². The average Bonchev–Trinajstić information content (AvgIpc) is 3.24. The van der Waals surface area contributed by atoms with Crippen LogP contribution in [0.2, 0.25) is 5.02 Å². The fourth-order valence-corrected chi connectivity index (χ4v) is 5.71. The molecule has 8 nitrogen and oxygen atoms in total. The lowest BCUT2D eigenvalue weighted by molar-refractivity contribution is 0.0718. The average molecular weight is 438 g/mol. The molecular formula is C19H24ClN5O3S. The van der Waals surface area contributed by atoms with Crippen molar-refractivity contribution in [3.05, 3.63) is 41.2 Å². The van der Waals surface area contributed by atoms with E-state index in [1.54, 1.807) is 29.1 Å². The molecule has 10 heteroatoms. The van der Waals surface area contributed by atoms with Crippen molar-refractivity contribution in [2.45, 2.75) is 43.0 Å². The zero-order valence-electron chi connectivity index (χ0n) is 16.1. The summed E-state index contributed by atoms with van der Waals surface area (Å²) in [7, 11) is -3.57. The van der Waals surface area contributed by atoms with Crippen LogP contribution in [-0.2, 0) is 10.0 Å². The number of piperidine rings is 2. The Bertz CT molecular complexity index is 979. The Labute approximate surface area is 175 Å². The van der Waals surface area contributed by atoms with E-state index in [9.17, 15) is 13.2 Å². The number of carbonyl (C=O) groups excluding carboxylic acids is 1. The van der Waals surface area contributed by atoms with E-state index in [2.05, 4.69) is 10.3 Å². The SMILES string of the molecule is O=C(c1cn(C2CCN(S(=O)(=O)c3cccc(Cl)c3)CC2)nn1)N1CCCCC1. The van der Waals surface area contributed by atoms with Crippen molar-refractivity contribution in [3.8, 4) is 0 Å². The van der Waals surface area contributed by atoms with Crippen LogP contribution in [0.15, 0.2) is 35.4 Å². The summed E-state index contributed by atoms with van der Waals surface area (Å²) >= 11 is 5.94. The molecule has 2 aromatic rings. The van der Waals surface area contributed by atoms with Gasteiger partial charge in [-0.15, -0.1) is 5.10 Å². The molecule has 0 saturated carbocycles. The molecule has 2 aliphatic heterocycles. The summed E-state index contributed by atoms with van der Waals surface area (Å²) in [5.74, 6) is -0.0723. The van der Waals surface area contributed by atoms with Crippen LogP contribution in [0.5, 0.6) is 0 Å². The second kappa shape index (κ2) is 8.41. The summed E-state index contributed by atoms with van der Waals surface area (Å²) in [5, 5.41) is 8.61. The molecule has 0 spiro atoms. The molecule has 1 aromatic heterocycles. The van der Waals surface area contributed by atoms with Crippen molar-refractivity contribution < 1.29 is 13.2 Å². The van der Waals surface area contributed by atoms with Gasteiger partial charge in [0.05, 0.1) is 17.1 Å². The topological polar surface area (TPSA) is 88.4 Å². The van der Waals surface area contributed by atoms with Gasteiger partial charge in [0.15, 0.2) is 5.69 Å². The Kier molecular flexibility index (Phi) is 5.89. The number of carbonyl (C=O) groups is 1. The van der Waals surface area contributed by atoms with Crippen LogP contribution >= 0.6 is 11.6 Å². The van der Waals surface area contributed by atoms with Crippen molar-refractivity contribution in [1.29, 1.82) is 0 Å². The Morgan fingerprint density at radius 2 is 1.79 bits per heavy atom. The second-order valence-corrected chi connectivity index (χ2v) is 9.90. The number of hydrogen-bond donors (Lipinski definition) is 0. The van der Waals surface area contributed by atoms with Gasteiger partial charge in [-0.05, 0) is 50.3 Å². The normalized spacial score (nSPS) is 19.4. The molecule has 29 heavy (non-hydrogen) atoms. The highest BCUT2D eigenvalue weighted by Crippen LogP contribution is 2.27. The summed E-state index contributed by atoms with van der Waals surface area (Å²) in [6.45, 7) is 2.31. The maximum atomic E-state index is 12.8. The van der Waals surface area contributed by atoms with Gasteiger partial charge in [-0.1, -0.05) is 22.9 Å². The number of halogens is 1. The number of benzene rings is 1. The predicted octanol–water partition coefficient (Wildman–Crippen LogP) is 2.58. The number of sulfonamides is 1. The lowest BCUT2D eigenvalue weighted by atomic mass is 10.1. The van der Waals surface area contributed by atoms with Crippen LogP contribution in [0.25, 0.3) is 0 Å². The molecule has 156 valence electrons. The van der Waals surface area contributed by atoms with Gasteiger partial charge in [0.2, 0.25) is 10.0 Å². The molecule has 1 aromatic carbocycles. The molecule has 3 heterocycles. The van der Waals surface area contributed by atoms with E-state index < -0.39 is 10.0 Å². The van der Waals surface area contributed by atoms with Gasteiger partial charge >= 0.3 is 0 Å². The zero-order chi connectivity index (χ0) is 20.4. The van der Waals surface area contributed by atoms with E-state index in [4.69, 9.17) is 11.6 Å². The van der Waals surface area contributed by atoms with Crippen LogP contribution < -0.4 is 0 Å². The molecular weight excluding hydrogens is 414 g/mol. The molecule has 0 bridgehead atoms. The first-order valence-electron chi connectivity index (χ1n) is 9.92. The lowest BCUT2D eigenvalue weighted by Crippen LogP contribution is -2.39. The monoisotopic (exact) mass is 437 g/mol. The van der Waals surface area contributed by atoms with Crippen LogP contribution in [0.1, 0.15) is 48.6 Å². The van der Waals surface area contributed by atoms with E-state index in [-0.39, 0.29) is 16.8 Å². The number of hydrogen-bond acceptors (Lipinski definition) is 5. The zero-order valence-corrected chi connectivity index (χ0v) is 17.6. The quantitative estimate of drug-likeness (QED) is 0.733. The van der Waals surface area contributed by atoms with Crippen molar-refractivity contribution in [2.24, 2.45) is 0 Å². The standard InChI is InChI=1S/C19H24ClN5O3S/c20-15-5-4-6-17(13-15)29(27,28)24-11-7-16(8-12-24)25-14-18(21-22-25)19(26)23-9-2-1-3-10-23/h4-6,13-14,16H,1-3,7-12H2. The highest BCUT2D eigenvalue weighted by Gasteiger charge is 2.31. The summed E-state index contributed by atoms with van der Waals surface area (Å²) in [6, 6.07) is 6.34. The Balaban J connectivity index is 1.40. The first kappa shape index (κ1) is 20.3. The second-order valence-electron chi connectivity index (χ2n) is 7.53. The Morgan fingerprint density at radius 3 is 2.48 bits per heavy atom. The van der Waals surface area contributed by atoms with Gasteiger partial charge in [-0.2, -0.15) is 4.31 Å². The maximum Gasteiger partial charge on any atom is 0.276 e. The first-order chi connectivity index (χ1) is 13.9. The molecule has 0 unspecified atom stereocenters. The number of nitrogens with zero attached hydrogens (tertiary/aromatic N) is 5. The molecule has 2 aliphatic rings. The minimum Gasteiger partial charge on any atom is -0.337 e. The molecule has 0 atom stereocenters. The number of aromatic nitrogens is 3. The fourth-order valence-electron chi connectivity index (χ4n) is 3.94. The Morgan fingerprint density at radius 1 is 1.07 bits per heavy atom. The third-order valence-corrected chi connectivity index (χ3v) is 7.73. The number of amides is 1. The predicted molar refractivity (Wildman–Crippen MR) is 108 cm³/mol. The molecule has 0 aliphatic carbocycles. The molecule has 2 fully saturated rings. The largest absolute Gasteiger partial charge is 0.337 e. The summed E-state index contributed by atoms with van der Waals surface area (Å²) in [5.41, 5.74) is 0.362. The van der Waals surface area contributed by atoms with Crippen LogP contribution in [0.4, 0.5) is 0 Å². The van der Waals surface area contributed by atoms with Gasteiger partial charge in [0.1, 0.15) is 0 Å². The van der Waals surface area contributed by atoms with Crippen molar-refractivity contribution in [3.63, 3.8) is 0 Å². The minimum atomic E-state index is -3.57. The summed E-state index contributed by atoms with van der Waals surface area (Å²) in [6.07, 6.45) is 6.13. The lowest BCUT2D eigenvalue weighted by Gasteiger charge is -2.31. The van der Waals surface area contributed by atoms with E-state index in [0.29, 0.717) is 36.6 Å². The molecule has 2 saturated heterocycles. The highest BCUT2D eigenvalue weighted by molar-refractivity contribution is 7.89. The van der Waals surface area contributed by atoms with Gasteiger partial charge in [0, 0.05) is 31.2 Å².